The van der Waals surface area contributed by atoms with E-state index in [1.807, 2.05) is 0 Å². The molecular formula is C6H18O4SSn. The van der Waals surface area contributed by atoms with Crippen LogP contribution in [-0.4, -0.2) is 37.3 Å². The Labute approximate surface area is 81.7 Å². The molecule has 0 fully saturated rings. The minimum Gasteiger partial charge on any atom is -0.264 e. The molecule has 0 aromatic heterocycles. The second-order valence-electron chi connectivity index (χ2n) is 2.54. The molecular weight excluding hydrogens is 287 g/mol. The van der Waals surface area contributed by atoms with Crippen molar-refractivity contribution < 1.29 is 17.5 Å². The van der Waals surface area contributed by atoms with Crippen molar-refractivity contribution in [1.29, 1.82) is 0 Å². The van der Waals surface area contributed by atoms with Crippen LogP contribution in [0.25, 0.3) is 0 Å². The molecule has 12 heavy (non-hydrogen) atoms. The average molecular weight is 305 g/mol. The second kappa shape index (κ2) is 8.28. The molecule has 0 aliphatic carbocycles. The molecule has 0 aliphatic rings. The molecule has 0 atom stereocenters. The first-order valence-corrected chi connectivity index (χ1v) is 12.4. The summed E-state index contributed by atoms with van der Waals surface area (Å²) in [6.45, 7) is 7.06. The summed E-state index contributed by atoms with van der Waals surface area (Å²) in [7, 11) is -4.67. The van der Waals surface area contributed by atoms with Gasteiger partial charge in [-0.1, -0.05) is 0 Å². The van der Waals surface area contributed by atoms with Crippen molar-refractivity contribution in [1.82, 2.24) is 0 Å². The van der Waals surface area contributed by atoms with Gasteiger partial charge in [-0.2, -0.15) is 8.42 Å². The third kappa shape index (κ3) is 22.4. The van der Waals surface area contributed by atoms with E-state index in [0.717, 1.165) is 0 Å². The maximum Gasteiger partial charge on any atom is 0.394 e. The molecule has 0 rings (SSSR count). The van der Waals surface area contributed by atoms with Crippen molar-refractivity contribution in [2.45, 2.75) is 34.1 Å². The number of hydrogen-bond donors (Lipinski definition) is 2. The Hall–Kier alpha value is 0.669. The van der Waals surface area contributed by atoms with Gasteiger partial charge in [0, 0.05) is 0 Å². The summed E-state index contributed by atoms with van der Waals surface area (Å²) in [5.74, 6) is 0. The van der Waals surface area contributed by atoms with Gasteiger partial charge in [-0.3, -0.25) is 9.11 Å². The maximum absolute atomic E-state index is 8.74. The molecule has 4 nitrogen and oxygen atoms in total. The molecule has 0 spiro atoms. The fourth-order valence-corrected chi connectivity index (χ4v) is 5.81. The Bertz CT molecular complexity index is 160. The van der Waals surface area contributed by atoms with Gasteiger partial charge in [0.05, 0.1) is 0 Å². The zero-order chi connectivity index (χ0) is 10.2. The van der Waals surface area contributed by atoms with Gasteiger partial charge in [-0.25, -0.2) is 0 Å². The average Bonchev–Trinajstić information content (AvgIpc) is 1.88. The third-order valence-corrected chi connectivity index (χ3v) is 11.6. The molecule has 0 amide bonds. The Morgan fingerprint density at radius 2 is 1.17 bits per heavy atom. The minimum absolute atomic E-state index is 0.764. The standard InChI is InChI=1S/3C2H5.H2O4S.Sn.H/c3*1-2;1-5(2,3)4;;/h3*1H2,2H3;(H2,1,2,3,4);;. The minimum atomic E-state index is -4.67. The third-order valence-electron chi connectivity index (χ3n) is 1.73. The first-order chi connectivity index (χ1) is 5.35. The molecule has 76 valence electrons. The maximum atomic E-state index is 8.74. The van der Waals surface area contributed by atoms with E-state index in [0.29, 0.717) is 0 Å². The SMILES string of the molecule is C[CH2][SnH]([CH2]C)[CH2]C.O=S(=O)(O)O. The summed E-state index contributed by atoms with van der Waals surface area (Å²) in [5.41, 5.74) is 0. The van der Waals surface area contributed by atoms with Crippen LogP contribution < -0.4 is 0 Å². The summed E-state index contributed by atoms with van der Waals surface area (Å²) < 4.78 is 36.3. The van der Waals surface area contributed by atoms with Crippen LogP contribution in [0.3, 0.4) is 0 Å². The van der Waals surface area contributed by atoms with Gasteiger partial charge in [0.25, 0.3) is 0 Å². The molecule has 0 unspecified atom stereocenters. The Kier molecular flexibility index (Phi) is 10.5. The fraction of sp³-hybridized carbons (Fsp3) is 1.00. The molecule has 0 bridgehead atoms. The van der Waals surface area contributed by atoms with Crippen molar-refractivity contribution in [3.05, 3.63) is 0 Å². The Balaban J connectivity index is 0. The van der Waals surface area contributed by atoms with Crippen molar-refractivity contribution in [3.8, 4) is 0 Å². The van der Waals surface area contributed by atoms with Gasteiger partial charge < -0.3 is 0 Å². The largest absolute Gasteiger partial charge is 0.394 e. The first-order valence-electron chi connectivity index (χ1n) is 4.04. The van der Waals surface area contributed by atoms with Crippen LogP contribution >= 0.6 is 0 Å². The molecule has 0 aromatic carbocycles. The van der Waals surface area contributed by atoms with Gasteiger partial charge in [0.1, 0.15) is 0 Å². The van der Waals surface area contributed by atoms with Crippen LogP contribution in [0.4, 0.5) is 0 Å². The van der Waals surface area contributed by atoms with Gasteiger partial charge in [-0.15, -0.1) is 0 Å². The molecule has 6 heteroatoms. The topological polar surface area (TPSA) is 74.6 Å². The molecule has 0 heterocycles. The fourth-order valence-electron chi connectivity index (χ4n) is 0.866. The van der Waals surface area contributed by atoms with Gasteiger partial charge in [0.2, 0.25) is 0 Å². The van der Waals surface area contributed by atoms with Gasteiger partial charge in [-0.05, 0) is 0 Å². The van der Waals surface area contributed by atoms with E-state index < -0.39 is 30.2 Å². The second-order valence-corrected chi connectivity index (χ2v) is 15.4. The van der Waals surface area contributed by atoms with Crippen molar-refractivity contribution >= 4 is 30.2 Å². The molecule has 2 N–H and O–H groups in total. The smallest absolute Gasteiger partial charge is 0.264 e. The van der Waals surface area contributed by atoms with Crippen LogP contribution in [0, 0.1) is 0 Å². The van der Waals surface area contributed by atoms with Crippen LogP contribution in [0.5, 0.6) is 0 Å². The molecule has 0 saturated heterocycles. The first kappa shape index (κ1) is 15.2. The number of hydrogen-bond acceptors (Lipinski definition) is 2. The van der Waals surface area contributed by atoms with Crippen molar-refractivity contribution in [2.75, 3.05) is 0 Å². The summed E-state index contributed by atoms with van der Waals surface area (Å²) >= 11 is -0.764. The summed E-state index contributed by atoms with van der Waals surface area (Å²) in [6, 6.07) is 0. The summed E-state index contributed by atoms with van der Waals surface area (Å²) in [5, 5.41) is 0. The molecule has 0 radical (unpaired) electrons. The van der Waals surface area contributed by atoms with Crippen LogP contribution in [0.15, 0.2) is 0 Å². The van der Waals surface area contributed by atoms with E-state index >= 15 is 0 Å². The van der Waals surface area contributed by atoms with E-state index in [9.17, 15) is 0 Å². The van der Waals surface area contributed by atoms with E-state index in [2.05, 4.69) is 20.8 Å². The van der Waals surface area contributed by atoms with E-state index in [4.69, 9.17) is 17.5 Å². The van der Waals surface area contributed by atoms with Crippen molar-refractivity contribution in [2.24, 2.45) is 0 Å². The van der Waals surface area contributed by atoms with Crippen LogP contribution in [0.1, 0.15) is 20.8 Å². The van der Waals surface area contributed by atoms with E-state index in [1.165, 1.54) is 0 Å². The summed E-state index contributed by atoms with van der Waals surface area (Å²) in [4.78, 5) is 0. The van der Waals surface area contributed by atoms with Gasteiger partial charge in [0.15, 0.2) is 0 Å². The quantitative estimate of drug-likeness (QED) is 0.614. The van der Waals surface area contributed by atoms with Crippen molar-refractivity contribution in [3.63, 3.8) is 0 Å². The number of rotatable bonds is 3. The zero-order valence-electron chi connectivity index (χ0n) is 7.82. The Morgan fingerprint density at radius 1 is 1.00 bits per heavy atom. The van der Waals surface area contributed by atoms with E-state index in [1.54, 1.807) is 13.3 Å². The van der Waals surface area contributed by atoms with Crippen LogP contribution in [-0.2, 0) is 10.4 Å². The van der Waals surface area contributed by atoms with E-state index in [-0.39, 0.29) is 0 Å². The Morgan fingerprint density at radius 3 is 1.17 bits per heavy atom. The normalized spacial score (nSPS) is 10.8. The van der Waals surface area contributed by atoms with Gasteiger partial charge >= 0.3 is 64.2 Å². The molecule has 0 aliphatic heterocycles. The summed E-state index contributed by atoms with van der Waals surface area (Å²) in [6.07, 6.45) is 0. The monoisotopic (exact) mass is 306 g/mol. The predicted octanol–water partition coefficient (Wildman–Crippen LogP) is 1.62. The zero-order valence-corrected chi connectivity index (χ0v) is 11.9. The predicted molar refractivity (Wildman–Crippen MR) is 52.8 cm³/mol. The molecule has 0 aromatic rings. The van der Waals surface area contributed by atoms with Crippen LogP contribution in [0.2, 0.25) is 13.3 Å². The molecule has 0 saturated carbocycles.